The predicted octanol–water partition coefficient (Wildman–Crippen LogP) is 0.558. The normalized spacial score (nSPS) is 12.5. The van der Waals surface area contributed by atoms with Crippen molar-refractivity contribution in [2.45, 2.75) is 32.0 Å². The number of hydrogen-bond donors (Lipinski definition) is 4. The van der Waals surface area contributed by atoms with Gasteiger partial charge in [0.05, 0.1) is 13.0 Å². The third-order valence-electron chi connectivity index (χ3n) is 5.19. The van der Waals surface area contributed by atoms with E-state index in [0.29, 0.717) is 5.76 Å². The van der Waals surface area contributed by atoms with E-state index in [0.717, 1.165) is 16.3 Å². The smallest absolute Gasteiger partial charge is 0.274 e. The number of primary amides is 1. The molecule has 0 radical (unpaired) electrons. The van der Waals surface area contributed by atoms with Gasteiger partial charge in [0.15, 0.2) is 5.69 Å². The number of ether oxygens (including phenoxy) is 1. The molecule has 0 aliphatic carbocycles. The predicted molar refractivity (Wildman–Crippen MR) is 126 cm³/mol. The van der Waals surface area contributed by atoms with Crippen molar-refractivity contribution in [1.29, 1.82) is 0 Å². The summed E-state index contributed by atoms with van der Waals surface area (Å²) in [5.74, 6) is -2.42. The molecule has 11 nitrogen and oxygen atoms in total. The number of carbonyl (C=O) groups excluding carboxylic acids is 4. The van der Waals surface area contributed by atoms with E-state index in [1.165, 1.54) is 13.2 Å². The summed E-state index contributed by atoms with van der Waals surface area (Å²) >= 11 is 0. The van der Waals surface area contributed by atoms with Gasteiger partial charge in [-0.25, -0.2) is 0 Å². The summed E-state index contributed by atoms with van der Waals surface area (Å²) in [4.78, 5) is 49.6. The monoisotopic (exact) mass is 481 g/mol. The van der Waals surface area contributed by atoms with Crippen LogP contribution in [0, 0.1) is 6.92 Å². The minimum absolute atomic E-state index is 0.0638. The fourth-order valence-electron chi connectivity index (χ4n) is 3.49. The summed E-state index contributed by atoms with van der Waals surface area (Å²) in [5, 5.41) is 13.3. The lowest BCUT2D eigenvalue weighted by Gasteiger charge is -2.22. The van der Waals surface area contributed by atoms with Gasteiger partial charge in [0.25, 0.3) is 5.91 Å². The topological polar surface area (TPSA) is 166 Å². The average molecular weight is 482 g/mol. The number of fused-ring (bicyclic) bond motifs is 1. The van der Waals surface area contributed by atoms with E-state index in [1.807, 2.05) is 42.5 Å². The molecule has 0 unspecified atom stereocenters. The number of nitrogens with zero attached hydrogens (tertiary/aromatic N) is 1. The highest BCUT2D eigenvalue weighted by atomic mass is 16.5. The van der Waals surface area contributed by atoms with Crippen molar-refractivity contribution in [3.63, 3.8) is 0 Å². The first-order valence-corrected chi connectivity index (χ1v) is 10.8. The van der Waals surface area contributed by atoms with Gasteiger partial charge >= 0.3 is 0 Å². The molecule has 0 aliphatic rings. The van der Waals surface area contributed by atoms with Crippen molar-refractivity contribution >= 4 is 34.4 Å². The first-order valence-electron chi connectivity index (χ1n) is 10.8. The lowest BCUT2D eigenvalue weighted by Crippen LogP contribution is -2.55. The fourth-order valence-corrected chi connectivity index (χ4v) is 3.49. The van der Waals surface area contributed by atoms with Crippen LogP contribution in [-0.4, -0.2) is 54.6 Å². The summed E-state index contributed by atoms with van der Waals surface area (Å²) in [7, 11) is 1.38. The van der Waals surface area contributed by atoms with Crippen LogP contribution in [0.25, 0.3) is 10.8 Å². The van der Waals surface area contributed by atoms with Crippen molar-refractivity contribution < 1.29 is 28.4 Å². The van der Waals surface area contributed by atoms with Crippen LogP contribution in [0.4, 0.5) is 0 Å². The van der Waals surface area contributed by atoms with Gasteiger partial charge in [-0.05, 0) is 23.3 Å². The van der Waals surface area contributed by atoms with Gasteiger partial charge in [-0.15, -0.1) is 0 Å². The van der Waals surface area contributed by atoms with Crippen LogP contribution in [0.2, 0.25) is 0 Å². The number of amides is 4. The van der Waals surface area contributed by atoms with Crippen LogP contribution in [0.15, 0.2) is 53.1 Å². The number of carbonyl (C=O) groups is 4. The number of aryl methyl sites for hydroxylation is 1. The molecule has 2 aromatic carbocycles. The van der Waals surface area contributed by atoms with E-state index in [2.05, 4.69) is 21.1 Å². The Kier molecular flexibility index (Phi) is 8.52. The maximum absolute atomic E-state index is 12.9. The Bertz CT molecular complexity index is 1220. The van der Waals surface area contributed by atoms with Crippen molar-refractivity contribution in [2.75, 3.05) is 13.7 Å². The van der Waals surface area contributed by atoms with Crippen LogP contribution >= 0.6 is 0 Å². The van der Waals surface area contributed by atoms with Crippen molar-refractivity contribution in [3.05, 3.63) is 65.5 Å². The summed E-state index contributed by atoms with van der Waals surface area (Å²) < 4.78 is 9.94. The standard InChI is InChI=1S/C24H27N5O6/c1-14-10-19(29-35-14)24(33)27-18(11-21(25)30)23(32)28-20(13-34-2)22(31)26-12-16-8-5-7-15-6-3-4-9-17(15)16/h3-10,18,20H,11-13H2,1-2H3,(H2,25,30)(H,26,31)(H,27,33)(H,28,32)/t18-,20-/m0/s1. The van der Waals surface area contributed by atoms with E-state index >= 15 is 0 Å². The molecule has 35 heavy (non-hydrogen) atoms. The minimum atomic E-state index is -1.33. The zero-order chi connectivity index (χ0) is 25.4. The molecule has 184 valence electrons. The second-order valence-electron chi connectivity index (χ2n) is 7.89. The molecule has 0 saturated heterocycles. The highest BCUT2D eigenvalue weighted by Crippen LogP contribution is 2.18. The highest BCUT2D eigenvalue weighted by Gasteiger charge is 2.29. The van der Waals surface area contributed by atoms with Crippen LogP contribution in [0.5, 0.6) is 0 Å². The van der Waals surface area contributed by atoms with Gasteiger partial charge in [0, 0.05) is 19.7 Å². The highest BCUT2D eigenvalue weighted by molar-refractivity contribution is 5.98. The third-order valence-corrected chi connectivity index (χ3v) is 5.19. The largest absolute Gasteiger partial charge is 0.382 e. The second-order valence-corrected chi connectivity index (χ2v) is 7.89. The van der Waals surface area contributed by atoms with Gasteiger partial charge in [0.2, 0.25) is 17.7 Å². The Balaban J connectivity index is 1.67. The molecule has 3 aromatic rings. The van der Waals surface area contributed by atoms with Crippen LogP contribution < -0.4 is 21.7 Å². The number of benzene rings is 2. The SMILES string of the molecule is COC[C@H](NC(=O)[C@H](CC(N)=O)NC(=O)c1cc(C)on1)C(=O)NCc1cccc2ccccc12. The molecule has 0 bridgehead atoms. The van der Waals surface area contributed by atoms with Gasteiger partial charge in [-0.2, -0.15) is 0 Å². The Morgan fingerprint density at radius 2 is 1.77 bits per heavy atom. The van der Waals surface area contributed by atoms with Crippen LogP contribution in [0.3, 0.4) is 0 Å². The van der Waals surface area contributed by atoms with Gasteiger partial charge < -0.3 is 30.9 Å². The van der Waals surface area contributed by atoms with Crippen LogP contribution in [-0.2, 0) is 25.7 Å². The lowest BCUT2D eigenvalue weighted by molar-refractivity contribution is -0.132. The van der Waals surface area contributed by atoms with E-state index < -0.39 is 42.1 Å². The maximum Gasteiger partial charge on any atom is 0.274 e. The van der Waals surface area contributed by atoms with Crippen molar-refractivity contribution in [3.8, 4) is 0 Å². The molecule has 0 saturated carbocycles. The Morgan fingerprint density at radius 1 is 1.03 bits per heavy atom. The maximum atomic E-state index is 12.9. The first kappa shape index (κ1) is 25.4. The Morgan fingerprint density at radius 3 is 2.46 bits per heavy atom. The molecule has 4 amide bonds. The fraction of sp³-hybridized carbons (Fsp3) is 0.292. The molecule has 2 atom stereocenters. The molecular weight excluding hydrogens is 454 g/mol. The zero-order valence-electron chi connectivity index (χ0n) is 19.4. The van der Waals surface area contributed by atoms with Crippen LogP contribution in [0.1, 0.15) is 28.2 Å². The number of aromatic nitrogens is 1. The minimum Gasteiger partial charge on any atom is -0.382 e. The summed E-state index contributed by atoms with van der Waals surface area (Å²) in [6.07, 6.45) is -0.480. The zero-order valence-corrected chi connectivity index (χ0v) is 19.4. The summed E-state index contributed by atoms with van der Waals surface area (Å²) in [6, 6.07) is 12.5. The Labute approximate surface area is 201 Å². The van der Waals surface area contributed by atoms with Gasteiger partial charge in [-0.1, -0.05) is 47.6 Å². The van der Waals surface area contributed by atoms with Crippen molar-refractivity contribution in [1.82, 2.24) is 21.1 Å². The molecule has 1 aromatic heterocycles. The molecular formula is C24H27N5O6. The number of hydrogen-bond acceptors (Lipinski definition) is 7. The molecule has 0 spiro atoms. The summed E-state index contributed by atoms with van der Waals surface area (Å²) in [5.41, 5.74) is 6.09. The number of methoxy groups -OCH3 is 1. The quantitative estimate of drug-likeness (QED) is 0.310. The van der Waals surface area contributed by atoms with Crippen molar-refractivity contribution in [2.24, 2.45) is 5.73 Å². The third kappa shape index (κ3) is 6.87. The van der Waals surface area contributed by atoms with E-state index in [9.17, 15) is 19.2 Å². The molecule has 11 heteroatoms. The molecule has 5 N–H and O–H groups in total. The Hall–Kier alpha value is -4.25. The van der Waals surface area contributed by atoms with Gasteiger partial charge in [-0.3, -0.25) is 19.2 Å². The number of nitrogens with two attached hydrogens (primary N) is 1. The van der Waals surface area contributed by atoms with E-state index in [4.69, 9.17) is 15.0 Å². The molecule has 0 fully saturated rings. The molecule has 1 heterocycles. The lowest BCUT2D eigenvalue weighted by atomic mass is 10.0. The van der Waals surface area contributed by atoms with E-state index in [-0.39, 0.29) is 18.8 Å². The number of nitrogens with one attached hydrogen (secondary N) is 3. The van der Waals surface area contributed by atoms with E-state index in [1.54, 1.807) is 6.92 Å². The molecule has 0 aliphatic heterocycles. The first-order chi connectivity index (χ1) is 16.8. The second kappa shape index (κ2) is 11.7. The average Bonchev–Trinajstić information content (AvgIpc) is 3.27. The number of rotatable bonds is 11. The molecule has 3 rings (SSSR count). The summed E-state index contributed by atoms with van der Waals surface area (Å²) in [6.45, 7) is 1.69. The van der Waals surface area contributed by atoms with Gasteiger partial charge in [0.1, 0.15) is 17.8 Å².